The summed E-state index contributed by atoms with van der Waals surface area (Å²) in [6, 6.07) is 1.76. The highest BCUT2D eigenvalue weighted by atomic mass is 35.5. The van der Waals surface area contributed by atoms with Crippen LogP contribution in [0.4, 0.5) is 5.69 Å². The van der Waals surface area contributed by atoms with Gasteiger partial charge in [-0.15, -0.1) is 0 Å². The van der Waals surface area contributed by atoms with Crippen molar-refractivity contribution >= 4 is 23.2 Å². The Morgan fingerprint density at radius 1 is 1.45 bits per heavy atom. The number of nitrogens with two attached hydrogens (primary N) is 1. The van der Waals surface area contributed by atoms with E-state index < -0.39 is 0 Å². The molecular formula is C14H18ClN3O2. The van der Waals surface area contributed by atoms with E-state index in [0.717, 1.165) is 19.3 Å². The zero-order chi connectivity index (χ0) is 14.1. The third-order valence-corrected chi connectivity index (χ3v) is 4.38. The van der Waals surface area contributed by atoms with Gasteiger partial charge >= 0.3 is 0 Å². The highest BCUT2D eigenvalue weighted by Crippen LogP contribution is 2.30. The Morgan fingerprint density at radius 2 is 2.25 bits per heavy atom. The molecule has 2 fully saturated rings. The zero-order valence-corrected chi connectivity index (χ0v) is 12.0. The average Bonchev–Trinajstić information content (AvgIpc) is 2.48. The Balaban J connectivity index is 1.87. The van der Waals surface area contributed by atoms with E-state index in [1.807, 2.05) is 4.90 Å². The maximum atomic E-state index is 12.7. The van der Waals surface area contributed by atoms with Crippen molar-refractivity contribution in [3.8, 4) is 0 Å². The second-order valence-corrected chi connectivity index (χ2v) is 5.72. The number of fused-ring (bicyclic) bond motifs is 1. The lowest BCUT2D eigenvalue weighted by atomic mass is 9.90. The molecule has 2 unspecified atom stereocenters. The van der Waals surface area contributed by atoms with Crippen LogP contribution in [0.5, 0.6) is 0 Å². The van der Waals surface area contributed by atoms with Gasteiger partial charge in [-0.1, -0.05) is 24.4 Å². The van der Waals surface area contributed by atoms with Crippen molar-refractivity contribution in [1.82, 2.24) is 9.88 Å². The van der Waals surface area contributed by atoms with E-state index in [9.17, 15) is 4.79 Å². The molecule has 5 nitrogen and oxygen atoms in total. The number of ether oxygens (including phenoxy) is 1. The van der Waals surface area contributed by atoms with E-state index in [2.05, 4.69) is 4.98 Å². The number of hydrogen-bond donors (Lipinski definition) is 1. The van der Waals surface area contributed by atoms with Gasteiger partial charge in [0.1, 0.15) is 5.15 Å². The fraction of sp³-hybridized carbons (Fsp3) is 0.571. The molecule has 0 aromatic carbocycles. The summed E-state index contributed by atoms with van der Waals surface area (Å²) >= 11 is 6.04. The molecule has 20 heavy (non-hydrogen) atoms. The first-order chi connectivity index (χ1) is 9.66. The number of rotatable bonds is 1. The summed E-state index contributed by atoms with van der Waals surface area (Å²) in [4.78, 5) is 18.6. The number of hydrogen-bond acceptors (Lipinski definition) is 4. The van der Waals surface area contributed by atoms with E-state index in [-0.39, 0.29) is 23.2 Å². The number of nitrogen functional groups attached to an aromatic ring is 1. The van der Waals surface area contributed by atoms with Crippen LogP contribution in [0.15, 0.2) is 12.3 Å². The summed E-state index contributed by atoms with van der Waals surface area (Å²) in [5.74, 6) is -0.0880. The molecular weight excluding hydrogens is 278 g/mol. The monoisotopic (exact) mass is 295 g/mol. The lowest BCUT2D eigenvalue weighted by Gasteiger charge is -2.43. The minimum Gasteiger partial charge on any atom is -0.397 e. The average molecular weight is 296 g/mol. The largest absolute Gasteiger partial charge is 0.397 e. The maximum Gasteiger partial charge on any atom is 0.257 e. The molecule has 2 heterocycles. The smallest absolute Gasteiger partial charge is 0.257 e. The molecule has 0 bridgehead atoms. The Labute approximate surface area is 123 Å². The van der Waals surface area contributed by atoms with Crippen LogP contribution >= 0.6 is 11.6 Å². The molecule has 108 valence electrons. The Hall–Kier alpha value is -1.33. The predicted molar refractivity (Wildman–Crippen MR) is 76.7 cm³/mol. The lowest BCUT2D eigenvalue weighted by Crippen LogP contribution is -2.54. The molecule has 2 atom stereocenters. The third kappa shape index (κ3) is 2.47. The number of anilines is 1. The molecule has 6 heteroatoms. The zero-order valence-electron chi connectivity index (χ0n) is 11.2. The van der Waals surface area contributed by atoms with Crippen molar-refractivity contribution in [3.05, 3.63) is 23.0 Å². The summed E-state index contributed by atoms with van der Waals surface area (Å²) in [7, 11) is 0. The van der Waals surface area contributed by atoms with Crippen molar-refractivity contribution in [2.24, 2.45) is 0 Å². The molecule has 2 N–H and O–H groups in total. The minimum absolute atomic E-state index is 0.0880. The molecule has 0 spiro atoms. The fourth-order valence-corrected chi connectivity index (χ4v) is 3.30. The van der Waals surface area contributed by atoms with Crippen LogP contribution in [0.1, 0.15) is 36.0 Å². The van der Waals surface area contributed by atoms with Gasteiger partial charge in [-0.05, 0) is 18.9 Å². The molecule has 1 aromatic heterocycles. The van der Waals surface area contributed by atoms with Gasteiger partial charge in [-0.25, -0.2) is 4.98 Å². The van der Waals surface area contributed by atoms with E-state index >= 15 is 0 Å². The first-order valence-corrected chi connectivity index (χ1v) is 7.38. The van der Waals surface area contributed by atoms with Crippen molar-refractivity contribution in [2.75, 3.05) is 18.9 Å². The number of aromatic nitrogens is 1. The van der Waals surface area contributed by atoms with Gasteiger partial charge in [0.05, 0.1) is 36.2 Å². The molecule has 1 aliphatic carbocycles. The number of halogens is 1. The Morgan fingerprint density at radius 3 is 3.10 bits per heavy atom. The number of nitrogens with zero attached hydrogens (tertiary/aromatic N) is 2. The summed E-state index contributed by atoms with van der Waals surface area (Å²) in [6.07, 6.45) is 5.94. The Kier molecular flexibility index (Phi) is 3.81. The molecule has 1 aliphatic heterocycles. The Bertz CT molecular complexity index is 521. The summed E-state index contributed by atoms with van der Waals surface area (Å²) < 4.78 is 5.78. The second kappa shape index (κ2) is 5.58. The maximum absolute atomic E-state index is 12.7. The molecule has 1 aromatic rings. The highest BCUT2D eigenvalue weighted by Gasteiger charge is 2.37. The van der Waals surface area contributed by atoms with Crippen LogP contribution in [0, 0.1) is 0 Å². The second-order valence-electron chi connectivity index (χ2n) is 5.37. The summed E-state index contributed by atoms with van der Waals surface area (Å²) in [5, 5.41) is 0.211. The summed E-state index contributed by atoms with van der Waals surface area (Å²) in [5.41, 5.74) is 6.55. The molecule has 1 amide bonds. The molecule has 1 saturated carbocycles. The van der Waals surface area contributed by atoms with Crippen molar-refractivity contribution in [2.45, 2.75) is 37.8 Å². The highest BCUT2D eigenvalue weighted by molar-refractivity contribution is 6.32. The predicted octanol–water partition coefficient (Wildman–Crippen LogP) is 2.10. The van der Waals surface area contributed by atoms with Crippen LogP contribution in [0.3, 0.4) is 0 Å². The van der Waals surface area contributed by atoms with E-state index in [1.165, 1.54) is 12.6 Å². The van der Waals surface area contributed by atoms with Gasteiger partial charge in [0.2, 0.25) is 0 Å². The van der Waals surface area contributed by atoms with Gasteiger partial charge in [-0.3, -0.25) is 4.79 Å². The number of carbonyl (C=O) groups excluding carboxylic acids is 1. The first-order valence-electron chi connectivity index (χ1n) is 7.00. The van der Waals surface area contributed by atoms with Crippen LogP contribution < -0.4 is 5.73 Å². The van der Waals surface area contributed by atoms with Gasteiger partial charge in [0.25, 0.3) is 5.91 Å². The van der Waals surface area contributed by atoms with Gasteiger partial charge < -0.3 is 15.4 Å². The number of morpholine rings is 1. The molecule has 2 aliphatic rings. The molecule has 3 rings (SSSR count). The molecule has 0 radical (unpaired) electrons. The quantitative estimate of drug-likeness (QED) is 0.806. The van der Waals surface area contributed by atoms with Gasteiger partial charge in [0, 0.05) is 6.54 Å². The summed E-state index contributed by atoms with van der Waals surface area (Å²) in [6.45, 7) is 1.19. The number of carbonyl (C=O) groups is 1. The lowest BCUT2D eigenvalue weighted by molar-refractivity contribution is -0.0752. The van der Waals surface area contributed by atoms with Crippen molar-refractivity contribution in [3.63, 3.8) is 0 Å². The topological polar surface area (TPSA) is 68.5 Å². The van der Waals surface area contributed by atoms with Crippen LogP contribution in [-0.2, 0) is 4.74 Å². The van der Waals surface area contributed by atoms with E-state index in [1.54, 1.807) is 6.07 Å². The van der Waals surface area contributed by atoms with Crippen molar-refractivity contribution < 1.29 is 9.53 Å². The van der Waals surface area contributed by atoms with Crippen LogP contribution in [0.2, 0.25) is 5.15 Å². The SMILES string of the molecule is Nc1cnc(Cl)c(C(=O)N2CCOC3CCCCC32)c1. The third-order valence-electron chi connectivity index (χ3n) is 4.08. The fourth-order valence-electron chi connectivity index (χ4n) is 3.12. The number of pyridine rings is 1. The normalized spacial score (nSPS) is 26.1. The standard InChI is InChI=1S/C14H18ClN3O2/c15-13-10(7-9(16)8-17-13)14(19)18-5-6-20-12-4-2-1-3-11(12)18/h7-8,11-12H,1-6,16H2. The van der Waals surface area contributed by atoms with E-state index in [4.69, 9.17) is 22.1 Å². The molecule has 1 saturated heterocycles. The van der Waals surface area contributed by atoms with E-state index in [0.29, 0.717) is 24.4 Å². The number of amides is 1. The first kappa shape index (κ1) is 13.6. The van der Waals surface area contributed by atoms with Gasteiger partial charge in [-0.2, -0.15) is 0 Å². The minimum atomic E-state index is -0.0880. The van der Waals surface area contributed by atoms with Crippen LogP contribution in [0.25, 0.3) is 0 Å². The van der Waals surface area contributed by atoms with Crippen molar-refractivity contribution in [1.29, 1.82) is 0 Å². The van der Waals surface area contributed by atoms with Gasteiger partial charge in [0.15, 0.2) is 0 Å². The van der Waals surface area contributed by atoms with Crippen LogP contribution in [-0.4, -0.2) is 41.1 Å².